The Kier molecular flexibility index (Phi) is 4.42. The molecule has 0 bridgehead atoms. The highest BCUT2D eigenvalue weighted by atomic mass is 19.1. The van der Waals surface area contributed by atoms with E-state index in [2.05, 4.69) is 15.6 Å². The van der Waals surface area contributed by atoms with Gasteiger partial charge in [0.05, 0.1) is 11.1 Å². The smallest absolute Gasteiger partial charge is 0.240 e. The molecule has 4 rings (SSSR count). The molecule has 0 atom stereocenters. The summed E-state index contributed by atoms with van der Waals surface area (Å²) in [6.45, 7) is 1.23. The van der Waals surface area contributed by atoms with Crippen LogP contribution in [0.25, 0.3) is 10.9 Å². The zero-order valence-electron chi connectivity index (χ0n) is 14.4. The van der Waals surface area contributed by atoms with Gasteiger partial charge in [-0.15, -0.1) is 0 Å². The molecule has 0 saturated heterocycles. The topological polar surface area (TPSA) is 54.0 Å². The van der Waals surface area contributed by atoms with Gasteiger partial charge in [-0.2, -0.15) is 0 Å². The van der Waals surface area contributed by atoms with E-state index in [0.29, 0.717) is 12.5 Å². The standard InChI is InChI=1S/C20H24FN3O/c21-17-10-15-4-3-9-22-18(15)16(11-17)13-24-20(7-1-2-8-20)19(25)23-12-14-5-6-14/h3-4,9-11,14,24H,1-2,5-8,12-13H2,(H,23,25). The summed E-state index contributed by atoms with van der Waals surface area (Å²) in [6, 6.07) is 6.69. The van der Waals surface area contributed by atoms with E-state index in [9.17, 15) is 9.18 Å². The molecule has 2 aromatic rings. The number of carbonyl (C=O) groups excluding carboxylic acids is 1. The van der Waals surface area contributed by atoms with Gasteiger partial charge in [0.2, 0.25) is 5.91 Å². The number of fused-ring (bicyclic) bond motifs is 1. The molecule has 1 aromatic carbocycles. The van der Waals surface area contributed by atoms with Crippen LogP contribution in [0.5, 0.6) is 0 Å². The van der Waals surface area contributed by atoms with Crippen molar-refractivity contribution in [1.29, 1.82) is 0 Å². The molecular weight excluding hydrogens is 317 g/mol. The number of nitrogens with one attached hydrogen (secondary N) is 2. The normalized spacial score (nSPS) is 19.2. The molecule has 2 fully saturated rings. The highest BCUT2D eigenvalue weighted by molar-refractivity contribution is 5.87. The third-order valence-electron chi connectivity index (χ3n) is 5.51. The molecule has 0 unspecified atom stereocenters. The van der Waals surface area contributed by atoms with Crippen molar-refractivity contribution < 1.29 is 9.18 Å². The van der Waals surface area contributed by atoms with E-state index < -0.39 is 5.54 Å². The Hall–Kier alpha value is -2.01. The number of rotatable bonds is 6. The number of hydrogen-bond acceptors (Lipinski definition) is 3. The van der Waals surface area contributed by atoms with Crippen LogP contribution >= 0.6 is 0 Å². The van der Waals surface area contributed by atoms with Gasteiger partial charge in [0.25, 0.3) is 0 Å². The summed E-state index contributed by atoms with van der Waals surface area (Å²) in [5, 5.41) is 7.37. The second-order valence-electron chi connectivity index (χ2n) is 7.44. The summed E-state index contributed by atoms with van der Waals surface area (Å²) < 4.78 is 13.9. The summed E-state index contributed by atoms with van der Waals surface area (Å²) >= 11 is 0. The SMILES string of the molecule is O=C(NCC1CC1)C1(NCc2cc(F)cc3cccnc23)CCCC1. The first-order valence-electron chi connectivity index (χ1n) is 9.23. The Bertz CT molecular complexity index is 782. The highest BCUT2D eigenvalue weighted by Gasteiger charge is 2.41. The van der Waals surface area contributed by atoms with Crippen molar-refractivity contribution >= 4 is 16.8 Å². The summed E-state index contributed by atoms with van der Waals surface area (Å²) in [6.07, 6.45) is 7.94. The van der Waals surface area contributed by atoms with Crippen molar-refractivity contribution in [2.45, 2.75) is 50.6 Å². The minimum absolute atomic E-state index is 0.102. The lowest BCUT2D eigenvalue weighted by atomic mass is 9.95. The Labute approximate surface area is 147 Å². The van der Waals surface area contributed by atoms with Gasteiger partial charge < -0.3 is 5.32 Å². The van der Waals surface area contributed by atoms with E-state index in [1.807, 2.05) is 12.1 Å². The number of carbonyl (C=O) groups is 1. The average Bonchev–Trinajstić information content (AvgIpc) is 3.33. The maximum Gasteiger partial charge on any atom is 0.240 e. The first-order chi connectivity index (χ1) is 12.2. The summed E-state index contributed by atoms with van der Waals surface area (Å²) in [4.78, 5) is 17.2. The van der Waals surface area contributed by atoms with E-state index in [0.717, 1.165) is 48.7 Å². The van der Waals surface area contributed by atoms with Crippen LogP contribution in [-0.2, 0) is 11.3 Å². The van der Waals surface area contributed by atoms with E-state index in [1.54, 1.807) is 6.20 Å². The monoisotopic (exact) mass is 341 g/mol. The largest absolute Gasteiger partial charge is 0.354 e. The van der Waals surface area contributed by atoms with Crippen molar-refractivity contribution in [2.75, 3.05) is 6.54 Å². The lowest BCUT2D eigenvalue weighted by Gasteiger charge is -2.29. The Morgan fingerprint density at radius 2 is 2.08 bits per heavy atom. The van der Waals surface area contributed by atoms with Gasteiger partial charge in [-0.05, 0) is 55.4 Å². The number of nitrogens with zero attached hydrogens (tertiary/aromatic N) is 1. The molecule has 25 heavy (non-hydrogen) atoms. The van der Waals surface area contributed by atoms with Crippen LogP contribution in [0.4, 0.5) is 4.39 Å². The Morgan fingerprint density at radius 1 is 1.28 bits per heavy atom. The predicted octanol–water partition coefficient (Wildman–Crippen LogP) is 3.30. The highest BCUT2D eigenvalue weighted by Crippen LogP contribution is 2.32. The second kappa shape index (κ2) is 6.71. The van der Waals surface area contributed by atoms with Gasteiger partial charge in [-0.3, -0.25) is 15.1 Å². The predicted molar refractivity (Wildman–Crippen MR) is 95.5 cm³/mol. The van der Waals surface area contributed by atoms with E-state index >= 15 is 0 Å². The molecule has 0 spiro atoms. The zero-order chi connectivity index (χ0) is 17.3. The maximum absolute atomic E-state index is 13.9. The van der Waals surface area contributed by atoms with Crippen molar-refractivity contribution in [1.82, 2.24) is 15.6 Å². The van der Waals surface area contributed by atoms with Crippen LogP contribution in [-0.4, -0.2) is 23.0 Å². The molecular formula is C20H24FN3O. The first kappa shape index (κ1) is 16.5. The van der Waals surface area contributed by atoms with Gasteiger partial charge in [0.15, 0.2) is 0 Å². The molecule has 1 heterocycles. The van der Waals surface area contributed by atoms with Gasteiger partial charge in [-0.1, -0.05) is 18.9 Å². The van der Waals surface area contributed by atoms with Gasteiger partial charge in [-0.25, -0.2) is 4.39 Å². The fourth-order valence-corrected chi connectivity index (χ4v) is 3.82. The fourth-order valence-electron chi connectivity index (χ4n) is 3.82. The third kappa shape index (κ3) is 3.52. The van der Waals surface area contributed by atoms with Crippen molar-refractivity contribution in [2.24, 2.45) is 5.92 Å². The second-order valence-corrected chi connectivity index (χ2v) is 7.44. The molecule has 5 heteroatoms. The van der Waals surface area contributed by atoms with E-state index in [1.165, 1.54) is 25.0 Å². The molecule has 2 N–H and O–H groups in total. The lowest BCUT2D eigenvalue weighted by molar-refractivity contribution is -0.127. The summed E-state index contributed by atoms with van der Waals surface area (Å²) in [5.41, 5.74) is 1.07. The van der Waals surface area contributed by atoms with E-state index in [4.69, 9.17) is 0 Å². The molecule has 2 saturated carbocycles. The average molecular weight is 341 g/mol. The summed E-state index contributed by atoms with van der Waals surface area (Å²) in [7, 11) is 0. The number of aromatic nitrogens is 1. The van der Waals surface area contributed by atoms with Crippen LogP contribution < -0.4 is 10.6 Å². The van der Waals surface area contributed by atoms with Gasteiger partial charge in [0, 0.05) is 24.7 Å². The zero-order valence-corrected chi connectivity index (χ0v) is 14.4. The fraction of sp³-hybridized carbons (Fsp3) is 0.500. The van der Waals surface area contributed by atoms with Crippen LogP contribution in [0.1, 0.15) is 44.1 Å². The molecule has 132 valence electrons. The quantitative estimate of drug-likeness (QED) is 0.848. The van der Waals surface area contributed by atoms with Crippen LogP contribution in [0.3, 0.4) is 0 Å². The van der Waals surface area contributed by atoms with E-state index in [-0.39, 0.29) is 11.7 Å². The maximum atomic E-state index is 13.9. The number of hydrogen-bond donors (Lipinski definition) is 2. The van der Waals surface area contributed by atoms with Gasteiger partial charge >= 0.3 is 0 Å². The first-order valence-corrected chi connectivity index (χ1v) is 9.23. The van der Waals surface area contributed by atoms with Crippen LogP contribution in [0, 0.1) is 11.7 Å². The van der Waals surface area contributed by atoms with Crippen molar-refractivity contribution in [3.63, 3.8) is 0 Å². The molecule has 0 radical (unpaired) electrons. The third-order valence-corrected chi connectivity index (χ3v) is 5.51. The molecule has 4 nitrogen and oxygen atoms in total. The van der Waals surface area contributed by atoms with Crippen LogP contribution in [0.15, 0.2) is 30.5 Å². The number of amides is 1. The number of benzene rings is 1. The van der Waals surface area contributed by atoms with Crippen LogP contribution in [0.2, 0.25) is 0 Å². The molecule has 0 aliphatic heterocycles. The Balaban J connectivity index is 1.52. The minimum atomic E-state index is -0.525. The van der Waals surface area contributed by atoms with Crippen molar-refractivity contribution in [3.8, 4) is 0 Å². The lowest BCUT2D eigenvalue weighted by Crippen LogP contribution is -2.55. The Morgan fingerprint density at radius 3 is 2.84 bits per heavy atom. The van der Waals surface area contributed by atoms with Gasteiger partial charge in [0.1, 0.15) is 5.82 Å². The van der Waals surface area contributed by atoms with Crippen molar-refractivity contribution in [3.05, 3.63) is 41.8 Å². The molecule has 2 aliphatic carbocycles. The molecule has 1 amide bonds. The number of halogens is 1. The minimum Gasteiger partial charge on any atom is -0.354 e. The molecule has 1 aromatic heterocycles. The molecule has 2 aliphatic rings. The summed E-state index contributed by atoms with van der Waals surface area (Å²) in [5.74, 6) is 0.500. The number of pyridine rings is 1.